The third-order valence-corrected chi connectivity index (χ3v) is 2.78. The Labute approximate surface area is 114 Å². The topological polar surface area (TPSA) is 99.5 Å². The molecule has 0 spiro atoms. The van der Waals surface area contributed by atoms with Crippen LogP contribution in [0.1, 0.15) is 26.3 Å². The molecule has 0 unspecified atom stereocenters. The van der Waals surface area contributed by atoms with Gasteiger partial charge in [0.15, 0.2) is 0 Å². The highest BCUT2D eigenvalue weighted by Gasteiger charge is 2.17. The van der Waals surface area contributed by atoms with Crippen LogP contribution in [0.15, 0.2) is 36.7 Å². The molecule has 3 N–H and O–H groups in total. The Morgan fingerprint density at radius 3 is 2.65 bits per heavy atom. The highest BCUT2D eigenvalue weighted by Crippen LogP contribution is 2.22. The molecule has 2 aromatic rings. The molecule has 0 fully saturated rings. The van der Waals surface area contributed by atoms with E-state index >= 15 is 0 Å². The van der Waals surface area contributed by atoms with E-state index in [9.17, 15) is 19.8 Å². The summed E-state index contributed by atoms with van der Waals surface area (Å²) in [7, 11) is 0. The lowest BCUT2D eigenvalue weighted by atomic mass is 10.1. The zero-order valence-corrected chi connectivity index (χ0v) is 10.6. The number of carboxylic acid groups (broad SMARTS) is 1. The van der Waals surface area contributed by atoms with Gasteiger partial charge in [0.1, 0.15) is 5.75 Å². The first-order valence-electron chi connectivity index (χ1n) is 5.78. The molecule has 0 saturated carbocycles. The second kappa shape index (κ2) is 5.40. The largest absolute Gasteiger partial charge is 0.505 e. The van der Waals surface area contributed by atoms with E-state index in [4.69, 9.17) is 0 Å². The van der Waals surface area contributed by atoms with Crippen LogP contribution in [0.3, 0.4) is 0 Å². The molecular formula is C14H12N2O4. The van der Waals surface area contributed by atoms with Crippen LogP contribution < -0.4 is 5.32 Å². The maximum Gasteiger partial charge on any atom is 0.338 e. The van der Waals surface area contributed by atoms with E-state index in [0.717, 1.165) is 6.20 Å². The smallest absolute Gasteiger partial charge is 0.338 e. The minimum Gasteiger partial charge on any atom is -0.505 e. The van der Waals surface area contributed by atoms with Crippen LogP contribution in [0, 0.1) is 6.92 Å². The Balaban J connectivity index is 2.36. The Hall–Kier alpha value is -2.89. The quantitative estimate of drug-likeness (QED) is 0.794. The molecule has 102 valence electrons. The fraction of sp³-hybridized carbons (Fsp3) is 0.0714. The highest BCUT2D eigenvalue weighted by molar-refractivity contribution is 6.09. The van der Waals surface area contributed by atoms with E-state index in [1.54, 1.807) is 19.1 Å². The van der Waals surface area contributed by atoms with Gasteiger partial charge in [-0.3, -0.25) is 9.78 Å². The Bertz CT molecular complexity index is 683. The number of nitrogens with zero attached hydrogens (tertiary/aromatic N) is 1. The Kier molecular flexibility index (Phi) is 3.65. The number of hydrogen-bond donors (Lipinski definition) is 3. The zero-order chi connectivity index (χ0) is 14.7. The SMILES string of the molecule is Cc1cccc(NC(=O)c2ccncc2O)c1C(=O)O. The number of hydrogen-bond acceptors (Lipinski definition) is 4. The molecule has 1 aromatic heterocycles. The van der Waals surface area contributed by atoms with E-state index in [1.165, 1.54) is 18.3 Å². The number of pyridine rings is 1. The maximum atomic E-state index is 12.0. The number of rotatable bonds is 3. The van der Waals surface area contributed by atoms with E-state index < -0.39 is 11.9 Å². The van der Waals surface area contributed by atoms with Crippen molar-refractivity contribution < 1.29 is 19.8 Å². The van der Waals surface area contributed by atoms with Crippen LogP contribution in [0.2, 0.25) is 0 Å². The van der Waals surface area contributed by atoms with Crippen LogP contribution in [0.5, 0.6) is 5.75 Å². The summed E-state index contributed by atoms with van der Waals surface area (Å²) in [6.07, 6.45) is 2.51. The van der Waals surface area contributed by atoms with Gasteiger partial charge in [-0.1, -0.05) is 12.1 Å². The zero-order valence-electron chi connectivity index (χ0n) is 10.6. The summed E-state index contributed by atoms with van der Waals surface area (Å²) in [4.78, 5) is 26.9. The summed E-state index contributed by atoms with van der Waals surface area (Å²) >= 11 is 0. The molecule has 2 rings (SSSR count). The summed E-state index contributed by atoms with van der Waals surface area (Å²) < 4.78 is 0. The molecule has 0 radical (unpaired) electrons. The number of anilines is 1. The molecule has 0 aliphatic rings. The number of benzene rings is 1. The van der Waals surface area contributed by atoms with Crippen LogP contribution >= 0.6 is 0 Å². The summed E-state index contributed by atoms with van der Waals surface area (Å²) in [6, 6.07) is 6.13. The molecule has 0 saturated heterocycles. The molecule has 0 bridgehead atoms. The van der Waals surface area contributed by atoms with E-state index in [1.807, 2.05) is 0 Å². The highest BCUT2D eigenvalue weighted by atomic mass is 16.4. The van der Waals surface area contributed by atoms with Gasteiger partial charge in [0.05, 0.1) is 23.0 Å². The van der Waals surface area contributed by atoms with E-state index in [-0.39, 0.29) is 22.6 Å². The fourth-order valence-electron chi connectivity index (χ4n) is 1.82. The van der Waals surface area contributed by atoms with Crippen LogP contribution in [-0.4, -0.2) is 27.1 Å². The lowest BCUT2D eigenvalue weighted by molar-refractivity contribution is 0.0697. The van der Waals surface area contributed by atoms with Crippen molar-refractivity contribution in [1.82, 2.24) is 4.98 Å². The minimum absolute atomic E-state index is 0.0226. The molecule has 1 aromatic carbocycles. The van der Waals surface area contributed by atoms with Gasteiger partial charge in [0.2, 0.25) is 0 Å². The van der Waals surface area contributed by atoms with Gasteiger partial charge in [-0.05, 0) is 24.6 Å². The number of aryl methyl sites for hydroxylation is 1. The molecule has 20 heavy (non-hydrogen) atoms. The fourth-order valence-corrected chi connectivity index (χ4v) is 1.82. The number of carboxylic acids is 1. The Morgan fingerprint density at radius 2 is 2.00 bits per heavy atom. The molecule has 1 amide bonds. The minimum atomic E-state index is -1.13. The molecule has 0 aliphatic carbocycles. The standard InChI is InChI=1S/C14H12N2O4/c1-8-3-2-4-10(12(8)14(19)20)16-13(18)9-5-6-15-7-11(9)17/h2-7,17H,1H3,(H,16,18)(H,19,20). The normalized spacial score (nSPS) is 10.1. The summed E-state index contributed by atoms with van der Waals surface area (Å²) in [5.41, 5.74) is 0.764. The van der Waals surface area contributed by atoms with E-state index in [0.29, 0.717) is 5.56 Å². The monoisotopic (exact) mass is 272 g/mol. The Morgan fingerprint density at radius 1 is 1.25 bits per heavy atom. The van der Waals surface area contributed by atoms with Crippen molar-refractivity contribution >= 4 is 17.6 Å². The first-order valence-corrected chi connectivity index (χ1v) is 5.78. The number of aromatic nitrogens is 1. The summed E-state index contributed by atoms with van der Waals surface area (Å²) in [5, 5.41) is 21.2. The van der Waals surface area contributed by atoms with Gasteiger partial charge in [-0.15, -0.1) is 0 Å². The molecule has 6 heteroatoms. The van der Waals surface area contributed by atoms with Crippen molar-refractivity contribution in [2.24, 2.45) is 0 Å². The molecule has 1 heterocycles. The second-order valence-electron chi connectivity index (χ2n) is 4.15. The third-order valence-electron chi connectivity index (χ3n) is 2.78. The summed E-state index contributed by atoms with van der Waals surface area (Å²) in [5.74, 6) is -2.00. The van der Waals surface area contributed by atoms with Gasteiger partial charge >= 0.3 is 5.97 Å². The predicted octanol–water partition coefficient (Wildman–Crippen LogP) is 2.05. The van der Waals surface area contributed by atoms with Crippen molar-refractivity contribution in [2.45, 2.75) is 6.92 Å². The number of carbonyl (C=O) groups excluding carboxylic acids is 1. The number of amides is 1. The van der Waals surface area contributed by atoms with Gasteiger partial charge in [0.25, 0.3) is 5.91 Å². The number of nitrogens with one attached hydrogen (secondary N) is 1. The second-order valence-corrected chi connectivity index (χ2v) is 4.15. The molecular weight excluding hydrogens is 260 g/mol. The van der Waals surface area contributed by atoms with Crippen LogP contribution in [0.25, 0.3) is 0 Å². The van der Waals surface area contributed by atoms with Gasteiger partial charge in [0, 0.05) is 6.20 Å². The molecule has 0 aliphatic heterocycles. The van der Waals surface area contributed by atoms with Crippen LogP contribution in [-0.2, 0) is 0 Å². The number of carbonyl (C=O) groups is 2. The lowest BCUT2D eigenvalue weighted by Gasteiger charge is -2.11. The maximum absolute atomic E-state index is 12.0. The number of aromatic hydroxyl groups is 1. The van der Waals surface area contributed by atoms with Crippen molar-refractivity contribution in [3.05, 3.63) is 53.3 Å². The van der Waals surface area contributed by atoms with Crippen LogP contribution in [0.4, 0.5) is 5.69 Å². The number of aromatic carboxylic acids is 1. The third kappa shape index (κ3) is 2.59. The first-order chi connectivity index (χ1) is 9.50. The predicted molar refractivity (Wildman–Crippen MR) is 72.0 cm³/mol. The molecule has 6 nitrogen and oxygen atoms in total. The van der Waals surface area contributed by atoms with E-state index in [2.05, 4.69) is 10.3 Å². The average Bonchev–Trinajstić information content (AvgIpc) is 2.38. The van der Waals surface area contributed by atoms with Crippen molar-refractivity contribution in [2.75, 3.05) is 5.32 Å². The molecule has 0 atom stereocenters. The van der Waals surface area contributed by atoms with Gasteiger partial charge in [-0.25, -0.2) is 4.79 Å². The van der Waals surface area contributed by atoms with Crippen molar-refractivity contribution in [1.29, 1.82) is 0 Å². The summed E-state index contributed by atoms with van der Waals surface area (Å²) in [6.45, 7) is 1.64. The van der Waals surface area contributed by atoms with Crippen molar-refractivity contribution in [3.8, 4) is 5.75 Å². The first kappa shape index (κ1) is 13.5. The lowest BCUT2D eigenvalue weighted by Crippen LogP contribution is -2.15. The van der Waals surface area contributed by atoms with Gasteiger partial charge < -0.3 is 15.5 Å². The van der Waals surface area contributed by atoms with Crippen molar-refractivity contribution in [3.63, 3.8) is 0 Å². The van der Waals surface area contributed by atoms with Gasteiger partial charge in [-0.2, -0.15) is 0 Å². The average molecular weight is 272 g/mol.